The first-order valence-corrected chi connectivity index (χ1v) is 5.60. The predicted molar refractivity (Wildman–Crippen MR) is 64.8 cm³/mol. The van der Waals surface area contributed by atoms with Crippen molar-refractivity contribution in [3.63, 3.8) is 0 Å². The van der Waals surface area contributed by atoms with E-state index < -0.39 is 17.1 Å². The van der Waals surface area contributed by atoms with E-state index in [1.807, 2.05) is 6.92 Å². The molecule has 17 heavy (non-hydrogen) atoms. The predicted octanol–water partition coefficient (Wildman–Crippen LogP) is 2.53. The van der Waals surface area contributed by atoms with Crippen LogP contribution in [0.15, 0.2) is 18.2 Å². The highest BCUT2D eigenvalue weighted by Gasteiger charge is 2.30. The molecule has 0 saturated heterocycles. The summed E-state index contributed by atoms with van der Waals surface area (Å²) < 4.78 is 18.7. The minimum atomic E-state index is -1.04. The van der Waals surface area contributed by atoms with Gasteiger partial charge >= 0.3 is 0 Å². The molecule has 1 atom stereocenters. The fourth-order valence-corrected chi connectivity index (χ4v) is 1.78. The summed E-state index contributed by atoms with van der Waals surface area (Å²) in [7, 11) is 1.36. The molecule has 0 spiro atoms. The molecule has 3 nitrogen and oxygen atoms in total. The maximum Gasteiger partial charge on any atom is 0.185 e. The summed E-state index contributed by atoms with van der Waals surface area (Å²) >= 11 is 0. The zero-order chi connectivity index (χ0) is 13.1. The normalized spacial score (nSPS) is 14.2. The van der Waals surface area contributed by atoms with Crippen molar-refractivity contribution in [2.45, 2.75) is 32.2 Å². The van der Waals surface area contributed by atoms with Crippen LogP contribution in [0, 0.1) is 5.82 Å². The Balaban J connectivity index is 3.13. The summed E-state index contributed by atoms with van der Waals surface area (Å²) in [6.45, 7) is 3.55. The van der Waals surface area contributed by atoms with E-state index in [0.717, 1.165) is 6.42 Å². The highest BCUT2D eigenvalue weighted by atomic mass is 19.1. The number of benzene rings is 1. The number of hydrogen-bond donors (Lipinski definition) is 1. The molecule has 2 N–H and O–H groups in total. The lowest BCUT2D eigenvalue weighted by Crippen LogP contribution is -2.45. The second kappa shape index (κ2) is 5.27. The molecule has 1 aromatic carbocycles. The van der Waals surface area contributed by atoms with Gasteiger partial charge in [0.2, 0.25) is 0 Å². The fourth-order valence-electron chi connectivity index (χ4n) is 1.78. The quantitative estimate of drug-likeness (QED) is 0.803. The van der Waals surface area contributed by atoms with Crippen molar-refractivity contribution < 1.29 is 13.9 Å². The summed E-state index contributed by atoms with van der Waals surface area (Å²) in [6, 6.07) is 4.48. The number of halogens is 1. The Kier molecular flexibility index (Phi) is 4.23. The van der Waals surface area contributed by atoms with Crippen molar-refractivity contribution >= 4 is 5.78 Å². The number of rotatable bonds is 5. The van der Waals surface area contributed by atoms with Crippen LogP contribution in [0.2, 0.25) is 0 Å². The summed E-state index contributed by atoms with van der Waals surface area (Å²) in [5, 5.41) is 0. The van der Waals surface area contributed by atoms with Crippen molar-refractivity contribution in [3.05, 3.63) is 29.6 Å². The molecule has 0 heterocycles. The molecule has 1 rings (SSSR count). The maximum atomic E-state index is 13.9. The van der Waals surface area contributed by atoms with E-state index >= 15 is 0 Å². The number of carbonyl (C=O) groups is 1. The fraction of sp³-hybridized carbons (Fsp3) is 0.462. The van der Waals surface area contributed by atoms with Gasteiger partial charge < -0.3 is 10.5 Å². The van der Waals surface area contributed by atoms with Gasteiger partial charge in [-0.1, -0.05) is 19.4 Å². The molecular formula is C13H18FNO2. The molecule has 0 aliphatic rings. The molecule has 1 aromatic rings. The molecule has 94 valence electrons. The Labute approximate surface area is 101 Å². The molecular weight excluding hydrogens is 221 g/mol. The van der Waals surface area contributed by atoms with Crippen LogP contribution in [-0.4, -0.2) is 18.4 Å². The van der Waals surface area contributed by atoms with E-state index in [0.29, 0.717) is 6.42 Å². The van der Waals surface area contributed by atoms with Gasteiger partial charge in [-0.2, -0.15) is 0 Å². The van der Waals surface area contributed by atoms with Crippen molar-refractivity contribution in [1.82, 2.24) is 0 Å². The largest absolute Gasteiger partial charge is 0.494 e. The highest BCUT2D eigenvalue weighted by Crippen LogP contribution is 2.24. The van der Waals surface area contributed by atoms with Crippen LogP contribution in [0.5, 0.6) is 5.75 Å². The lowest BCUT2D eigenvalue weighted by atomic mass is 9.88. The average Bonchev–Trinajstić information content (AvgIpc) is 2.28. The Morgan fingerprint density at radius 1 is 1.53 bits per heavy atom. The molecule has 0 bridgehead atoms. The monoisotopic (exact) mass is 239 g/mol. The van der Waals surface area contributed by atoms with Crippen molar-refractivity contribution in [2.75, 3.05) is 7.11 Å². The van der Waals surface area contributed by atoms with Gasteiger partial charge in [-0.25, -0.2) is 4.39 Å². The number of ether oxygens (including phenoxy) is 1. The van der Waals surface area contributed by atoms with Crippen LogP contribution < -0.4 is 10.5 Å². The average molecular weight is 239 g/mol. The van der Waals surface area contributed by atoms with Crippen LogP contribution >= 0.6 is 0 Å². The third-order valence-electron chi connectivity index (χ3n) is 2.72. The van der Waals surface area contributed by atoms with Gasteiger partial charge in [0.25, 0.3) is 0 Å². The summed E-state index contributed by atoms with van der Waals surface area (Å²) in [4.78, 5) is 12.1. The van der Waals surface area contributed by atoms with Crippen molar-refractivity contribution in [1.29, 1.82) is 0 Å². The number of carbonyl (C=O) groups excluding carboxylic acids is 1. The summed E-state index contributed by atoms with van der Waals surface area (Å²) in [5.41, 5.74) is 4.86. The molecule has 4 heteroatoms. The third kappa shape index (κ3) is 2.82. The lowest BCUT2D eigenvalue weighted by Gasteiger charge is -2.22. The Bertz CT molecular complexity index is 416. The van der Waals surface area contributed by atoms with Crippen LogP contribution in [0.4, 0.5) is 4.39 Å². The molecule has 0 aliphatic carbocycles. The second-order valence-electron chi connectivity index (χ2n) is 4.32. The summed E-state index contributed by atoms with van der Waals surface area (Å²) in [6.07, 6.45) is 1.28. The topological polar surface area (TPSA) is 52.3 Å². The smallest absolute Gasteiger partial charge is 0.185 e. The first kappa shape index (κ1) is 13.6. The van der Waals surface area contributed by atoms with Crippen LogP contribution in [0.1, 0.15) is 37.0 Å². The molecule has 0 saturated carbocycles. The van der Waals surface area contributed by atoms with E-state index in [1.165, 1.54) is 19.2 Å². The van der Waals surface area contributed by atoms with E-state index in [9.17, 15) is 9.18 Å². The number of methoxy groups -OCH3 is 1. The minimum absolute atomic E-state index is 0.0113. The Morgan fingerprint density at radius 3 is 2.71 bits per heavy atom. The molecule has 0 aliphatic heterocycles. The van der Waals surface area contributed by atoms with Crippen LogP contribution in [0.3, 0.4) is 0 Å². The van der Waals surface area contributed by atoms with Crippen molar-refractivity contribution in [2.24, 2.45) is 5.73 Å². The van der Waals surface area contributed by atoms with Gasteiger partial charge in [0, 0.05) is 0 Å². The maximum absolute atomic E-state index is 13.9. The molecule has 0 aromatic heterocycles. The lowest BCUT2D eigenvalue weighted by molar-refractivity contribution is 0.0888. The minimum Gasteiger partial charge on any atom is -0.494 e. The van der Waals surface area contributed by atoms with E-state index in [2.05, 4.69) is 0 Å². The zero-order valence-corrected chi connectivity index (χ0v) is 10.4. The van der Waals surface area contributed by atoms with Gasteiger partial charge in [0.1, 0.15) is 0 Å². The Morgan fingerprint density at radius 2 is 2.18 bits per heavy atom. The van der Waals surface area contributed by atoms with Gasteiger partial charge in [-0.15, -0.1) is 0 Å². The van der Waals surface area contributed by atoms with Gasteiger partial charge in [-0.05, 0) is 25.5 Å². The van der Waals surface area contributed by atoms with E-state index in [-0.39, 0.29) is 11.3 Å². The Hall–Kier alpha value is -1.42. The molecule has 0 radical (unpaired) electrons. The zero-order valence-electron chi connectivity index (χ0n) is 10.4. The molecule has 1 unspecified atom stereocenters. The van der Waals surface area contributed by atoms with Crippen LogP contribution in [0.25, 0.3) is 0 Å². The third-order valence-corrected chi connectivity index (χ3v) is 2.72. The number of hydrogen-bond acceptors (Lipinski definition) is 3. The SMILES string of the molecule is CCCC(C)(N)C(=O)c1cccc(OC)c1F. The van der Waals surface area contributed by atoms with E-state index in [1.54, 1.807) is 13.0 Å². The van der Waals surface area contributed by atoms with Gasteiger partial charge in [0.15, 0.2) is 17.3 Å². The number of nitrogens with two attached hydrogens (primary N) is 1. The number of ketones is 1. The van der Waals surface area contributed by atoms with Gasteiger partial charge in [0.05, 0.1) is 18.2 Å². The standard InChI is InChI=1S/C13H18FNO2/c1-4-8-13(2,15)12(16)9-6-5-7-10(17-3)11(9)14/h5-7H,4,8,15H2,1-3H3. The van der Waals surface area contributed by atoms with Crippen molar-refractivity contribution in [3.8, 4) is 5.75 Å². The van der Waals surface area contributed by atoms with Gasteiger partial charge in [-0.3, -0.25) is 4.79 Å². The molecule has 0 fully saturated rings. The first-order chi connectivity index (χ1) is 7.94. The van der Waals surface area contributed by atoms with E-state index in [4.69, 9.17) is 10.5 Å². The first-order valence-electron chi connectivity index (χ1n) is 5.60. The van der Waals surface area contributed by atoms with Crippen LogP contribution in [-0.2, 0) is 0 Å². The second-order valence-corrected chi connectivity index (χ2v) is 4.32. The molecule has 0 amide bonds. The highest BCUT2D eigenvalue weighted by molar-refractivity contribution is 6.03. The number of Topliss-reactive ketones (excluding diaryl/α,β-unsaturated/α-hetero) is 1. The summed E-state index contributed by atoms with van der Waals surface area (Å²) in [5.74, 6) is -0.980.